The largest absolute Gasteiger partial charge is 0.299 e. The molecule has 2 aliphatic rings. The van der Waals surface area contributed by atoms with Crippen LogP contribution >= 0.6 is 0 Å². The lowest BCUT2D eigenvalue weighted by atomic mass is 9.68. The Morgan fingerprint density at radius 1 is 1.20 bits per heavy atom. The molecular weight excluding hydrogens is 184 g/mol. The second kappa shape index (κ2) is 2.34. The molecule has 1 nitrogen and oxygen atoms in total. The quantitative estimate of drug-likeness (QED) is 0.629. The van der Waals surface area contributed by atoms with Gasteiger partial charge in [0, 0.05) is 6.42 Å². The third kappa shape index (κ3) is 0.759. The summed E-state index contributed by atoms with van der Waals surface area (Å²) in [6, 6.07) is 8.46. The van der Waals surface area contributed by atoms with Gasteiger partial charge in [-0.1, -0.05) is 38.1 Å². The summed E-state index contributed by atoms with van der Waals surface area (Å²) in [4.78, 5) is 12.1. The number of hydrogen-bond donors (Lipinski definition) is 0. The maximum Gasteiger partial charge on any atom is 0.144 e. The van der Waals surface area contributed by atoms with Crippen molar-refractivity contribution in [3.63, 3.8) is 0 Å². The molecule has 0 heterocycles. The minimum Gasteiger partial charge on any atom is -0.299 e. The molecule has 1 aromatic carbocycles. The molecule has 0 N–H and O–H groups in total. The summed E-state index contributed by atoms with van der Waals surface area (Å²) >= 11 is 0. The standard InChI is InChI=1S/C14H16O/c1-13(2)11-8-12(15)14(13,3)10-7-5-4-6-9(10)11/h4-7,11H,8H2,1-3H3. The molecule has 0 radical (unpaired) electrons. The Morgan fingerprint density at radius 2 is 1.87 bits per heavy atom. The van der Waals surface area contributed by atoms with Crippen LogP contribution in [0.2, 0.25) is 0 Å². The molecule has 2 unspecified atom stereocenters. The van der Waals surface area contributed by atoms with E-state index in [4.69, 9.17) is 0 Å². The average Bonchev–Trinajstić information content (AvgIpc) is 2.49. The first-order valence-electron chi connectivity index (χ1n) is 5.62. The highest BCUT2D eigenvalue weighted by Crippen LogP contribution is 2.65. The number of rotatable bonds is 0. The topological polar surface area (TPSA) is 17.1 Å². The highest BCUT2D eigenvalue weighted by Gasteiger charge is 2.64. The van der Waals surface area contributed by atoms with Crippen molar-refractivity contribution in [2.75, 3.05) is 0 Å². The lowest BCUT2D eigenvalue weighted by Crippen LogP contribution is -2.37. The fourth-order valence-electron chi connectivity index (χ4n) is 3.60. The lowest BCUT2D eigenvalue weighted by Gasteiger charge is -2.33. The van der Waals surface area contributed by atoms with E-state index in [9.17, 15) is 4.79 Å². The molecule has 2 atom stereocenters. The number of Topliss-reactive ketones (excluding diaryl/α,β-unsaturated/α-hetero) is 1. The van der Waals surface area contributed by atoms with Gasteiger partial charge in [-0.05, 0) is 29.4 Å². The van der Waals surface area contributed by atoms with Crippen LogP contribution in [0.3, 0.4) is 0 Å². The molecule has 15 heavy (non-hydrogen) atoms. The molecule has 0 aliphatic heterocycles. The van der Waals surface area contributed by atoms with Crippen molar-refractivity contribution in [3.8, 4) is 0 Å². The Hall–Kier alpha value is -1.11. The zero-order chi connectivity index (χ0) is 10.8. The third-order valence-electron chi connectivity index (χ3n) is 4.98. The zero-order valence-electron chi connectivity index (χ0n) is 9.50. The molecule has 1 fully saturated rings. The Morgan fingerprint density at radius 3 is 2.60 bits per heavy atom. The van der Waals surface area contributed by atoms with E-state index in [1.165, 1.54) is 11.1 Å². The maximum absolute atomic E-state index is 12.1. The van der Waals surface area contributed by atoms with E-state index in [0.717, 1.165) is 6.42 Å². The minimum atomic E-state index is -0.242. The van der Waals surface area contributed by atoms with Gasteiger partial charge in [-0.3, -0.25) is 4.79 Å². The van der Waals surface area contributed by atoms with E-state index in [-0.39, 0.29) is 10.8 Å². The molecule has 0 amide bonds. The number of hydrogen-bond acceptors (Lipinski definition) is 1. The summed E-state index contributed by atoms with van der Waals surface area (Å²) in [5.41, 5.74) is 2.53. The van der Waals surface area contributed by atoms with Crippen molar-refractivity contribution in [1.82, 2.24) is 0 Å². The van der Waals surface area contributed by atoms with Gasteiger partial charge < -0.3 is 0 Å². The number of ketones is 1. The Labute approximate surface area is 90.5 Å². The van der Waals surface area contributed by atoms with Crippen LogP contribution in [0.4, 0.5) is 0 Å². The summed E-state index contributed by atoms with van der Waals surface area (Å²) < 4.78 is 0. The summed E-state index contributed by atoms with van der Waals surface area (Å²) in [5.74, 6) is 0.863. The van der Waals surface area contributed by atoms with Gasteiger partial charge in [0.05, 0.1) is 5.41 Å². The molecule has 0 aromatic heterocycles. The van der Waals surface area contributed by atoms with Crippen molar-refractivity contribution >= 4 is 5.78 Å². The van der Waals surface area contributed by atoms with Gasteiger partial charge in [-0.2, -0.15) is 0 Å². The van der Waals surface area contributed by atoms with Crippen LogP contribution in [-0.4, -0.2) is 5.78 Å². The van der Waals surface area contributed by atoms with Crippen molar-refractivity contribution < 1.29 is 4.79 Å². The van der Waals surface area contributed by atoms with Crippen molar-refractivity contribution in [2.24, 2.45) is 5.41 Å². The van der Waals surface area contributed by atoms with E-state index in [2.05, 4.69) is 39.0 Å². The summed E-state index contributed by atoms with van der Waals surface area (Å²) in [5, 5.41) is 0. The number of fused-ring (bicyclic) bond motifs is 5. The minimum absolute atomic E-state index is 0.0910. The predicted molar refractivity (Wildman–Crippen MR) is 59.9 cm³/mol. The molecule has 0 saturated heterocycles. The molecule has 1 aromatic rings. The molecule has 78 valence electrons. The maximum atomic E-state index is 12.1. The number of carbonyl (C=O) groups is 1. The van der Waals surface area contributed by atoms with Crippen LogP contribution in [-0.2, 0) is 10.2 Å². The van der Waals surface area contributed by atoms with Crippen LogP contribution in [0.5, 0.6) is 0 Å². The Bertz CT molecular complexity index is 458. The molecule has 0 spiro atoms. The second-order valence-corrected chi connectivity index (χ2v) is 5.61. The molecule has 3 rings (SSSR count). The van der Waals surface area contributed by atoms with Gasteiger partial charge in [0.2, 0.25) is 0 Å². The SMILES string of the molecule is CC12C(=O)CC(c3ccccc31)C2(C)C. The van der Waals surface area contributed by atoms with Crippen LogP contribution < -0.4 is 0 Å². The highest BCUT2D eigenvalue weighted by atomic mass is 16.1. The Balaban J connectivity index is 2.36. The van der Waals surface area contributed by atoms with Gasteiger partial charge in [0.15, 0.2) is 0 Å². The van der Waals surface area contributed by atoms with E-state index in [1.54, 1.807) is 0 Å². The molecular formula is C14H16O. The molecule has 2 aliphatic carbocycles. The van der Waals surface area contributed by atoms with Gasteiger partial charge in [-0.15, -0.1) is 0 Å². The van der Waals surface area contributed by atoms with Crippen molar-refractivity contribution in [3.05, 3.63) is 35.4 Å². The van der Waals surface area contributed by atoms with Crippen LogP contribution in [0.25, 0.3) is 0 Å². The normalized spacial score (nSPS) is 35.7. The van der Waals surface area contributed by atoms with Gasteiger partial charge in [0.25, 0.3) is 0 Å². The predicted octanol–water partition coefficient (Wildman–Crippen LogP) is 3.04. The highest BCUT2D eigenvalue weighted by molar-refractivity contribution is 5.97. The second-order valence-electron chi connectivity index (χ2n) is 5.61. The lowest BCUT2D eigenvalue weighted by molar-refractivity contribution is -0.123. The molecule has 1 heteroatoms. The zero-order valence-corrected chi connectivity index (χ0v) is 9.50. The van der Waals surface area contributed by atoms with E-state index in [0.29, 0.717) is 11.7 Å². The van der Waals surface area contributed by atoms with E-state index >= 15 is 0 Å². The first-order valence-corrected chi connectivity index (χ1v) is 5.62. The number of benzene rings is 1. The van der Waals surface area contributed by atoms with E-state index in [1.807, 2.05) is 6.07 Å². The van der Waals surface area contributed by atoms with Crippen molar-refractivity contribution in [1.29, 1.82) is 0 Å². The first-order chi connectivity index (χ1) is 6.99. The summed E-state index contributed by atoms with van der Waals surface area (Å²) in [6.07, 6.45) is 0.737. The van der Waals surface area contributed by atoms with Crippen LogP contribution in [0.15, 0.2) is 24.3 Å². The molecule has 1 saturated carbocycles. The van der Waals surface area contributed by atoms with Crippen molar-refractivity contribution in [2.45, 2.75) is 38.5 Å². The number of carbonyl (C=O) groups excluding carboxylic acids is 1. The fraction of sp³-hybridized carbons (Fsp3) is 0.500. The fourth-order valence-corrected chi connectivity index (χ4v) is 3.60. The third-order valence-corrected chi connectivity index (χ3v) is 4.98. The van der Waals surface area contributed by atoms with Gasteiger partial charge in [0.1, 0.15) is 5.78 Å². The van der Waals surface area contributed by atoms with E-state index < -0.39 is 0 Å². The first kappa shape index (κ1) is 9.14. The molecule has 2 bridgehead atoms. The van der Waals surface area contributed by atoms with Crippen LogP contribution in [0.1, 0.15) is 44.2 Å². The smallest absolute Gasteiger partial charge is 0.144 e. The van der Waals surface area contributed by atoms with Crippen LogP contribution in [0, 0.1) is 5.41 Å². The summed E-state index contributed by atoms with van der Waals surface area (Å²) in [6.45, 7) is 6.60. The monoisotopic (exact) mass is 200 g/mol. The summed E-state index contributed by atoms with van der Waals surface area (Å²) in [7, 11) is 0. The average molecular weight is 200 g/mol. The Kier molecular flexibility index (Phi) is 1.43. The van der Waals surface area contributed by atoms with Gasteiger partial charge >= 0.3 is 0 Å². The van der Waals surface area contributed by atoms with Gasteiger partial charge in [-0.25, -0.2) is 0 Å².